The quantitative estimate of drug-likeness (QED) is 0.717. The maximum absolute atomic E-state index is 5.10. The summed E-state index contributed by atoms with van der Waals surface area (Å²) in [5.41, 5.74) is 1.18. The summed E-state index contributed by atoms with van der Waals surface area (Å²) in [4.78, 5) is 0. The largest absolute Gasteiger partial charge is 0.360 e. The van der Waals surface area contributed by atoms with Gasteiger partial charge in [0, 0.05) is 11.5 Å². The van der Waals surface area contributed by atoms with Gasteiger partial charge in [0.15, 0.2) is 0 Å². The van der Waals surface area contributed by atoms with Crippen LogP contribution in [0.1, 0.15) is 31.1 Å². The van der Waals surface area contributed by atoms with Crippen molar-refractivity contribution in [1.29, 1.82) is 0 Å². The van der Waals surface area contributed by atoms with Crippen molar-refractivity contribution in [3.8, 4) is 0 Å². The first-order valence-electron chi connectivity index (χ1n) is 3.24. The molecule has 0 fully saturated rings. The second kappa shape index (κ2) is 2.90. The van der Waals surface area contributed by atoms with E-state index >= 15 is 0 Å². The van der Waals surface area contributed by atoms with Crippen LogP contribution in [0.4, 0.5) is 0 Å². The van der Waals surface area contributed by atoms with E-state index in [9.17, 15) is 0 Å². The van der Waals surface area contributed by atoms with Crippen molar-refractivity contribution in [1.82, 2.24) is 5.16 Å². The number of hydrogen-bond acceptors (Lipinski definition) is 2. The highest BCUT2D eigenvalue weighted by atomic mass is 127. The third kappa shape index (κ3) is 1.33. The fraction of sp³-hybridized carbons (Fsp3) is 0.571. The molecule has 1 aromatic heterocycles. The molecule has 1 rings (SSSR count). The zero-order chi connectivity index (χ0) is 7.72. The van der Waals surface area contributed by atoms with Gasteiger partial charge < -0.3 is 4.52 Å². The van der Waals surface area contributed by atoms with Gasteiger partial charge in [0.1, 0.15) is 9.46 Å². The Labute approximate surface area is 74.1 Å². The van der Waals surface area contributed by atoms with Crippen LogP contribution < -0.4 is 0 Å². The van der Waals surface area contributed by atoms with Gasteiger partial charge in [0.05, 0.1) is 0 Å². The molecule has 0 spiro atoms. The van der Waals surface area contributed by atoms with E-state index in [0.29, 0.717) is 5.92 Å². The molecule has 0 unspecified atom stereocenters. The Bertz CT molecular complexity index is 230. The molecule has 3 heteroatoms. The first-order valence-corrected chi connectivity index (χ1v) is 4.32. The second-order valence-corrected chi connectivity index (χ2v) is 3.64. The van der Waals surface area contributed by atoms with Crippen LogP contribution >= 0.6 is 22.6 Å². The van der Waals surface area contributed by atoms with Gasteiger partial charge in [0.2, 0.25) is 0 Å². The SMILES string of the molecule is Cc1c(I)noc1C(C)C. The molecule has 0 atom stereocenters. The summed E-state index contributed by atoms with van der Waals surface area (Å²) < 4.78 is 6.07. The molecule has 0 N–H and O–H groups in total. The second-order valence-electron chi connectivity index (χ2n) is 2.62. The van der Waals surface area contributed by atoms with Crippen LogP contribution in [0, 0.1) is 10.6 Å². The van der Waals surface area contributed by atoms with Crippen molar-refractivity contribution in [3.63, 3.8) is 0 Å². The average Bonchev–Trinajstić information content (AvgIpc) is 2.14. The smallest absolute Gasteiger partial charge is 0.147 e. The topological polar surface area (TPSA) is 26.0 Å². The Morgan fingerprint density at radius 2 is 2.10 bits per heavy atom. The van der Waals surface area contributed by atoms with Gasteiger partial charge in [-0.25, -0.2) is 0 Å². The molecular formula is C7H10INO. The Kier molecular flexibility index (Phi) is 2.33. The molecule has 0 amide bonds. The zero-order valence-electron chi connectivity index (χ0n) is 6.31. The molecule has 0 saturated carbocycles. The van der Waals surface area contributed by atoms with Crippen molar-refractivity contribution < 1.29 is 4.52 Å². The van der Waals surface area contributed by atoms with Crippen LogP contribution in [0.15, 0.2) is 4.52 Å². The number of halogens is 1. The molecule has 0 aromatic carbocycles. The van der Waals surface area contributed by atoms with Crippen LogP contribution in [0.25, 0.3) is 0 Å². The van der Waals surface area contributed by atoms with Crippen molar-refractivity contribution in [2.24, 2.45) is 0 Å². The van der Waals surface area contributed by atoms with Gasteiger partial charge in [-0.15, -0.1) is 0 Å². The van der Waals surface area contributed by atoms with Crippen LogP contribution in [0.3, 0.4) is 0 Å². The van der Waals surface area contributed by atoms with E-state index in [-0.39, 0.29) is 0 Å². The van der Waals surface area contributed by atoms with Crippen LogP contribution in [0.5, 0.6) is 0 Å². The van der Waals surface area contributed by atoms with Gasteiger partial charge in [-0.2, -0.15) is 0 Å². The zero-order valence-corrected chi connectivity index (χ0v) is 8.47. The molecular weight excluding hydrogens is 241 g/mol. The number of rotatable bonds is 1. The normalized spacial score (nSPS) is 10.9. The monoisotopic (exact) mass is 251 g/mol. The van der Waals surface area contributed by atoms with E-state index < -0.39 is 0 Å². The highest BCUT2D eigenvalue weighted by Gasteiger charge is 2.11. The minimum absolute atomic E-state index is 0.441. The lowest BCUT2D eigenvalue weighted by atomic mass is 10.1. The van der Waals surface area contributed by atoms with Gasteiger partial charge in [-0.3, -0.25) is 0 Å². The first-order chi connectivity index (χ1) is 4.63. The number of hydrogen-bond donors (Lipinski definition) is 0. The van der Waals surface area contributed by atoms with Gasteiger partial charge in [-0.1, -0.05) is 19.0 Å². The molecule has 56 valence electrons. The highest BCUT2D eigenvalue weighted by Crippen LogP contribution is 2.21. The highest BCUT2D eigenvalue weighted by molar-refractivity contribution is 14.1. The van der Waals surface area contributed by atoms with Crippen molar-refractivity contribution in [2.45, 2.75) is 26.7 Å². The molecule has 0 aliphatic heterocycles. The lowest BCUT2D eigenvalue weighted by Crippen LogP contribution is -1.86. The molecule has 0 aliphatic carbocycles. The van der Waals surface area contributed by atoms with Gasteiger partial charge in [0.25, 0.3) is 0 Å². The minimum atomic E-state index is 0.441. The molecule has 1 aromatic rings. The van der Waals surface area contributed by atoms with Crippen LogP contribution in [-0.2, 0) is 0 Å². The molecule has 0 saturated heterocycles. The van der Waals surface area contributed by atoms with E-state index in [2.05, 4.69) is 41.6 Å². The Morgan fingerprint density at radius 3 is 2.30 bits per heavy atom. The fourth-order valence-corrected chi connectivity index (χ4v) is 1.23. The predicted molar refractivity (Wildman–Crippen MR) is 48.0 cm³/mol. The standard InChI is InChI=1S/C7H10INO/c1-4(2)6-5(3)7(8)9-10-6/h4H,1-3H3. The molecule has 0 bridgehead atoms. The van der Waals surface area contributed by atoms with E-state index in [4.69, 9.17) is 4.52 Å². The van der Waals surface area contributed by atoms with Crippen molar-refractivity contribution in [2.75, 3.05) is 0 Å². The summed E-state index contributed by atoms with van der Waals surface area (Å²) in [6, 6.07) is 0. The van der Waals surface area contributed by atoms with Gasteiger partial charge in [-0.05, 0) is 29.5 Å². The Balaban J connectivity index is 3.05. The Hall–Kier alpha value is -0.0600. The Morgan fingerprint density at radius 1 is 1.50 bits per heavy atom. The first kappa shape index (κ1) is 8.04. The molecule has 0 aliphatic rings. The summed E-state index contributed by atoms with van der Waals surface area (Å²) in [6.45, 7) is 6.24. The summed E-state index contributed by atoms with van der Waals surface area (Å²) >= 11 is 2.17. The third-order valence-corrected chi connectivity index (χ3v) is 2.43. The van der Waals surface area contributed by atoms with Crippen LogP contribution in [-0.4, -0.2) is 5.16 Å². The van der Waals surface area contributed by atoms with Gasteiger partial charge >= 0.3 is 0 Å². The lowest BCUT2D eigenvalue weighted by Gasteiger charge is -1.97. The number of nitrogens with zero attached hydrogens (tertiary/aromatic N) is 1. The lowest BCUT2D eigenvalue weighted by molar-refractivity contribution is 0.367. The van der Waals surface area contributed by atoms with E-state index in [1.807, 2.05) is 6.92 Å². The fourth-order valence-electron chi connectivity index (χ4n) is 0.866. The molecule has 1 heterocycles. The maximum atomic E-state index is 5.10. The van der Waals surface area contributed by atoms with E-state index in [1.165, 1.54) is 5.56 Å². The number of aromatic nitrogens is 1. The molecule has 10 heavy (non-hydrogen) atoms. The summed E-state index contributed by atoms with van der Waals surface area (Å²) in [6.07, 6.45) is 0. The van der Waals surface area contributed by atoms with Crippen molar-refractivity contribution in [3.05, 3.63) is 15.0 Å². The van der Waals surface area contributed by atoms with Crippen molar-refractivity contribution >= 4 is 22.6 Å². The maximum Gasteiger partial charge on any atom is 0.147 e. The predicted octanol–water partition coefficient (Wildman–Crippen LogP) is 2.71. The van der Waals surface area contributed by atoms with E-state index in [0.717, 1.165) is 9.46 Å². The molecule has 2 nitrogen and oxygen atoms in total. The summed E-state index contributed by atoms with van der Waals surface area (Å²) in [5.74, 6) is 1.44. The van der Waals surface area contributed by atoms with Crippen LogP contribution in [0.2, 0.25) is 0 Å². The third-order valence-electron chi connectivity index (χ3n) is 1.43. The average molecular weight is 251 g/mol. The molecule has 0 radical (unpaired) electrons. The minimum Gasteiger partial charge on any atom is -0.360 e. The summed E-state index contributed by atoms with van der Waals surface area (Å²) in [5, 5.41) is 3.85. The van der Waals surface area contributed by atoms with E-state index in [1.54, 1.807) is 0 Å². The summed E-state index contributed by atoms with van der Waals surface area (Å²) in [7, 11) is 0.